The lowest BCUT2D eigenvalue weighted by molar-refractivity contribution is -0.138. The molecule has 1 heterocycles. The second-order valence-corrected chi connectivity index (χ2v) is 6.82. The number of carbonyl (C=O) groups is 3. The largest absolute Gasteiger partial charge is 0.481 e. The molecule has 146 valence electrons. The van der Waals surface area contributed by atoms with Crippen molar-refractivity contribution >= 4 is 23.5 Å². The Morgan fingerprint density at radius 2 is 1.89 bits per heavy atom. The zero-order valence-electron chi connectivity index (χ0n) is 15.4. The van der Waals surface area contributed by atoms with Crippen LogP contribution in [0.15, 0.2) is 48.5 Å². The van der Waals surface area contributed by atoms with Gasteiger partial charge >= 0.3 is 5.97 Å². The second-order valence-electron chi connectivity index (χ2n) is 6.82. The van der Waals surface area contributed by atoms with Gasteiger partial charge in [-0.1, -0.05) is 24.3 Å². The number of hydrogen-bond acceptors (Lipinski definition) is 3. The van der Waals surface area contributed by atoms with Gasteiger partial charge in [0.05, 0.1) is 12.5 Å². The van der Waals surface area contributed by atoms with Gasteiger partial charge in [0.2, 0.25) is 11.8 Å². The molecule has 6 nitrogen and oxygen atoms in total. The number of carboxylic acid groups (broad SMARTS) is 1. The van der Waals surface area contributed by atoms with Crippen molar-refractivity contribution in [1.82, 2.24) is 5.32 Å². The van der Waals surface area contributed by atoms with E-state index >= 15 is 0 Å². The normalized spacial score (nSPS) is 17.4. The molecule has 0 bridgehead atoms. The predicted molar refractivity (Wildman–Crippen MR) is 101 cm³/mol. The number of rotatable bonds is 6. The van der Waals surface area contributed by atoms with E-state index in [4.69, 9.17) is 0 Å². The van der Waals surface area contributed by atoms with Gasteiger partial charge in [0.25, 0.3) is 0 Å². The van der Waals surface area contributed by atoms with Crippen LogP contribution in [0.1, 0.15) is 30.0 Å². The molecule has 0 aromatic heterocycles. The van der Waals surface area contributed by atoms with Crippen LogP contribution in [0.4, 0.5) is 10.1 Å². The van der Waals surface area contributed by atoms with E-state index in [1.165, 1.54) is 29.2 Å². The summed E-state index contributed by atoms with van der Waals surface area (Å²) in [5, 5.41) is 12.0. The van der Waals surface area contributed by atoms with E-state index in [0.717, 1.165) is 5.56 Å². The Labute approximate surface area is 162 Å². The topological polar surface area (TPSA) is 86.7 Å². The maximum absolute atomic E-state index is 13.1. The monoisotopic (exact) mass is 384 g/mol. The molecular weight excluding hydrogens is 363 g/mol. The molecule has 1 saturated heterocycles. The fourth-order valence-corrected chi connectivity index (χ4v) is 3.46. The van der Waals surface area contributed by atoms with Crippen LogP contribution in [0.2, 0.25) is 0 Å². The zero-order chi connectivity index (χ0) is 20.3. The third kappa shape index (κ3) is 4.19. The quantitative estimate of drug-likeness (QED) is 0.750. The highest BCUT2D eigenvalue weighted by Crippen LogP contribution is 2.27. The number of anilines is 1. The van der Waals surface area contributed by atoms with Gasteiger partial charge in [0.15, 0.2) is 0 Å². The van der Waals surface area contributed by atoms with Crippen LogP contribution >= 0.6 is 0 Å². The number of aryl methyl sites for hydroxylation is 1. The smallest absolute Gasteiger partial charge is 0.305 e. The van der Waals surface area contributed by atoms with Gasteiger partial charge in [-0.15, -0.1) is 0 Å². The minimum absolute atomic E-state index is 0.279. The predicted octanol–water partition coefficient (Wildman–Crippen LogP) is 2.82. The Kier molecular flexibility index (Phi) is 5.73. The number of hydrogen-bond donors (Lipinski definition) is 2. The van der Waals surface area contributed by atoms with E-state index in [1.54, 1.807) is 12.1 Å². The summed E-state index contributed by atoms with van der Waals surface area (Å²) in [7, 11) is 0. The number of amides is 2. The first-order valence-corrected chi connectivity index (χ1v) is 9.01. The van der Waals surface area contributed by atoms with E-state index in [-0.39, 0.29) is 12.3 Å². The van der Waals surface area contributed by atoms with Crippen molar-refractivity contribution < 1.29 is 23.9 Å². The Bertz CT molecular complexity index is 898. The maximum atomic E-state index is 13.1. The third-order valence-corrected chi connectivity index (χ3v) is 4.92. The molecule has 2 N–H and O–H groups in total. The summed E-state index contributed by atoms with van der Waals surface area (Å²) in [5.41, 5.74) is 2.10. The lowest BCUT2D eigenvalue weighted by Gasteiger charge is -2.21. The molecular formula is C21H21FN2O4. The Hall–Kier alpha value is -3.22. The summed E-state index contributed by atoms with van der Waals surface area (Å²) in [4.78, 5) is 38.2. The molecule has 0 aliphatic carbocycles. The lowest BCUT2D eigenvalue weighted by Crippen LogP contribution is -2.39. The number of halogens is 1. The Balaban J connectivity index is 1.75. The maximum Gasteiger partial charge on any atom is 0.305 e. The summed E-state index contributed by atoms with van der Waals surface area (Å²) in [6.07, 6.45) is 0.0365. The molecule has 1 aliphatic rings. The second kappa shape index (κ2) is 8.21. The van der Waals surface area contributed by atoms with Crippen LogP contribution < -0.4 is 10.2 Å². The molecule has 2 unspecified atom stereocenters. The van der Waals surface area contributed by atoms with Gasteiger partial charge in [0.1, 0.15) is 11.7 Å². The lowest BCUT2D eigenvalue weighted by atomic mass is 9.97. The van der Waals surface area contributed by atoms with Crippen molar-refractivity contribution in [2.24, 2.45) is 5.92 Å². The Morgan fingerprint density at radius 1 is 1.21 bits per heavy atom. The van der Waals surface area contributed by atoms with Crippen molar-refractivity contribution in [3.8, 4) is 0 Å². The summed E-state index contributed by atoms with van der Waals surface area (Å²) in [6, 6.07) is 12.0. The van der Waals surface area contributed by atoms with Crippen LogP contribution in [0.5, 0.6) is 0 Å². The van der Waals surface area contributed by atoms with E-state index in [9.17, 15) is 23.9 Å². The van der Waals surface area contributed by atoms with Gasteiger partial charge in [-0.3, -0.25) is 14.4 Å². The summed E-state index contributed by atoms with van der Waals surface area (Å²) < 4.78 is 13.1. The summed E-state index contributed by atoms with van der Waals surface area (Å²) in [6.45, 7) is 2.18. The van der Waals surface area contributed by atoms with Crippen molar-refractivity contribution in [2.75, 3.05) is 11.4 Å². The minimum atomic E-state index is -1.04. The summed E-state index contributed by atoms with van der Waals surface area (Å²) >= 11 is 0. The third-order valence-electron chi connectivity index (χ3n) is 4.92. The molecule has 2 atom stereocenters. The van der Waals surface area contributed by atoms with Crippen molar-refractivity contribution in [3.05, 3.63) is 65.5 Å². The first kappa shape index (κ1) is 19.5. The van der Waals surface area contributed by atoms with Crippen LogP contribution in [0.3, 0.4) is 0 Å². The average molecular weight is 384 g/mol. The van der Waals surface area contributed by atoms with E-state index in [2.05, 4.69) is 5.32 Å². The van der Waals surface area contributed by atoms with Gasteiger partial charge in [-0.05, 0) is 48.7 Å². The molecule has 1 aliphatic heterocycles. The molecule has 3 rings (SSSR count). The Morgan fingerprint density at radius 3 is 2.54 bits per heavy atom. The van der Waals surface area contributed by atoms with E-state index < -0.39 is 29.7 Å². The SMILES string of the molecule is Cc1ccccc1C(CC(=O)O)NC(=O)C1CCN(c2ccc(F)cc2)C1=O. The molecule has 0 radical (unpaired) electrons. The number of benzene rings is 2. The first-order valence-electron chi connectivity index (χ1n) is 9.01. The highest BCUT2D eigenvalue weighted by Gasteiger charge is 2.38. The zero-order valence-corrected chi connectivity index (χ0v) is 15.4. The molecule has 1 fully saturated rings. The van der Waals surface area contributed by atoms with Crippen LogP contribution in [-0.4, -0.2) is 29.4 Å². The molecule has 0 spiro atoms. The van der Waals surface area contributed by atoms with Crippen LogP contribution in [0.25, 0.3) is 0 Å². The van der Waals surface area contributed by atoms with E-state index in [1.807, 2.05) is 19.1 Å². The van der Waals surface area contributed by atoms with Crippen LogP contribution in [-0.2, 0) is 14.4 Å². The molecule has 7 heteroatoms. The molecule has 2 aromatic carbocycles. The molecule has 0 saturated carbocycles. The van der Waals surface area contributed by atoms with Crippen molar-refractivity contribution in [3.63, 3.8) is 0 Å². The number of nitrogens with zero attached hydrogens (tertiary/aromatic N) is 1. The highest BCUT2D eigenvalue weighted by molar-refractivity contribution is 6.09. The molecule has 28 heavy (non-hydrogen) atoms. The van der Waals surface area contributed by atoms with Crippen molar-refractivity contribution in [2.45, 2.75) is 25.8 Å². The molecule has 2 aromatic rings. The average Bonchev–Trinajstić information content (AvgIpc) is 3.03. The van der Waals surface area contributed by atoms with E-state index in [0.29, 0.717) is 24.2 Å². The number of nitrogens with one attached hydrogen (secondary N) is 1. The number of aliphatic carboxylic acids is 1. The molecule has 2 amide bonds. The van der Waals surface area contributed by atoms with Crippen LogP contribution in [0, 0.1) is 18.7 Å². The fraction of sp³-hybridized carbons (Fsp3) is 0.286. The van der Waals surface area contributed by atoms with Gasteiger partial charge in [-0.25, -0.2) is 4.39 Å². The number of carbonyl (C=O) groups excluding carboxylic acids is 2. The minimum Gasteiger partial charge on any atom is -0.481 e. The van der Waals surface area contributed by atoms with Crippen molar-refractivity contribution in [1.29, 1.82) is 0 Å². The summed E-state index contributed by atoms with van der Waals surface area (Å²) in [5.74, 6) is -3.21. The first-order chi connectivity index (χ1) is 13.4. The van der Waals surface area contributed by atoms with Gasteiger partial charge < -0.3 is 15.3 Å². The van der Waals surface area contributed by atoms with Gasteiger partial charge in [-0.2, -0.15) is 0 Å². The fourth-order valence-electron chi connectivity index (χ4n) is 3.46. The standard InChI is InChI=1S/C21H21FN2O4/c1-13-4-2-3-5-16(13)18(12-19(25)26)23-20(27)17-10-11-24(21(17)28)15-8-6-14(22)7-9-15/h2-9,17-18H,10-12H2,1H3,(H,23,27)(H,25,26). The number of carboxylic acids is 1. The van der Waals surface area contributed by atoms with Gasteiger partial charge in [0, 0.05) is 12.2 Å². The highest BCUT2D eigenvalue weighted by atomic mass is 19.1.